The summed E-state index contributed by atoms with van der Waals surface area (Å²) in [6.07, 6.45) is 1.84. The molecule has 2 heterocycles. The van der Waals surface area contributed by atoms with Gasteiger partial charge in [-0.3, -0.25) is 4.79 Å². The predicted molar refractivity (Wildman–Crippen MR) is 85.2 cm³/mol. The van der Waals surface area contributed by atoms with E-state index in [1.165, 1.54) is 0 Å². The van der Waals surface area contributed by atoms with E-state index >= 15 is 0 Å². The summed E-state index contributed by atoms with van der Waals surface area (Å²) >= 11 is 0. The van der Waals surface area contributed by atoms with Gasteiger partial charge in [0.2, 0.25) is 0 Å². The number of fused-ring (bicyclic) bond motifs is 1. The number of aliphatic carboxylic acids is 1. The van der Waals surface area contributed by atoms with Gasteiger partial charge in [0.15, 0.2) is 0 Å². The second kappa shape index (κ2) is 5.64. The molecule has 0 saturated carbocycles. The Morgan fingerprint density at radius 3 is 2.73 bits per heavy atom. The van der Waals surface area contributed by atoms with E-state index in [0.717, 1.165) is 28.2 Å². The molecule has 0 aliphatic heterocycles. The second-order valence-electron chi connectivity index (χ2n) is 5.61. The summed E-state index contributed by atoms with van der Waals surface area (Å²) in [6, 6.07) is 13.9. The fourth-order valence-corrected chi connectivity index (χ4v) is 2.93. The van der Waals surface area contributed by atoms with E-state index in [9.17, 15) is 9.90 Å². The van der Waals surface area contributed by atoms with Crippen LogP contribution in [0, 0.1) is 13.8 Å². The first-order valence-corrected chi connectivity index (χ1v) is 7.27. The molecule has 0 spiro atoms. The summed E-state index contributed by atoms with van der Waals surface area (Å²) < 4.78 is 2.04. The SMILES string of the molecule is Cc1cccc(C(CC(=O)O)c2cnc3cccc(C)n23)c1. The monoisotopic (exact) mass is 294 g/mol. The maximum absolute atomic E-state index is 11.4. The third-order valence-electron chi connectivity index (χ3n) is 3.93. The molecule has 4 heteroatoms. The highest BCUT2D eigenvalue weighted by Crippen LogP contribution is 2.30. The Balaban J connectivity index is 2.18. The summed E-state index contributed by atoms with van der Waals surface area (Å²) in [4.78, 5) is 15.8. The van der Waals surface area contributed by atoms with E-state index in [-0.39, 0.29) is 12.3 Å². The number of rotatable bonds is 4. The zero-order valence-electron chi connectivity index (χ0n) is 12.7. The number of pyridine rings is 1. The summed E-state index contributed by atoms with van der Waals surface area (Å²) in [5.41, 5.74) is 4.94. The largest absolute Gasteiger partial charge is 0.481 e. The van der Waals surface area contributed by atoms with Gasteiger partial charge in [-0.2, -0.15) is 0 Å². The van der Waals surface area contributed by atoms with Gasteiger partial charge in [0.1, 0.15) is 5.65 Å². The topological polar surface area (TPSA) is 54.6 Å². The van der Waals surface area contributed by atoms with Crippen molar-refractivity contribution >= 4 is 11.6 Å². The van der Waals surface area contributed by atoms with Crippen molar-refractivity contribution in [3.8, 4) is 0 Å². The smallest absolute Gasteiger partial charge is 0.304 e. The van der Waals surface area contributed by atoms with E-state index in [0.29, 0.717) is 0 Å². The molecule has 3 rings (SSSR count). The van der Waals surface area contributed by atoms with Gasteiger partial charge >= 0.3 is 5.97 Å². The molecule has 22 heavy (non-hydrogen) atoms. The highest BCUT2D eigenvalue weighted by atomic mass is 16.4. The first-order valence-electron chi connectivity index (χ1n) is 7.27. The lowest BCUT2D eigenvalue weighted by molar-refractivity contribution is -0.137. The average Bonchev–Trinajstić information content (AvgIpc) is 2.90. The normalized spacial score (nSPS) is 12.5. The molecule has 3 aromatic rings. The van der Waals surface area contributed by atoms with Gasteiger partial charge in [0, 0.05) is 17.8 Å². The van der Waals surface area contributed by atoms with Gasteiger partial charge in [-0.15, -0.1) is 0 Å². The van der Waals surface area contributed by atoms with Crippen molar-refractivity contribution in [2.24, 2.45) is 0 Å². The van der Waals surface area contributed by atoms with E-state index in [1.54, 1.807) is 6.20 Å². The molecule has 1 unspecified atom stereocenters. The minimum atomic E-state index is -0.810. The number of carbonyl (C=O) groups is 1. The minimum Gasteiger partial charge on any atom is -0.481 e. The first-order chi connectivity index (χ1) is 10.6. The molecule has 1 N–H and O–H groups in total. The van der Waals surface area contributed by atoms with E-state index < -0.39 is 5.97 Å². The number of aryl methyl sites for hydroxylation is 2. The van der Waals surface area contributed by atoms with Crippen LogP contribution >= 0.6 is 0 Å². The molecule has 0 aliphatic rings. The first kappa shape index (κ1) is 14.3. The molecule has 112 valence electrons. The van der Waals surface area contributed by atoms with Crippen LogP contribution in [0.25, 0.3) is 5.65 Å². The highest BCUT2D eigenvalue weighted by Gasteiger charge is 2.22. The molecule has 0 bridgehead atoms. The number of carboxylic acid groups (broad SMARTS) is 1. The van der Waals surface area contributed by atoms with Crippen LogP contribution < -0.4 is 0 Å². The molecule has 0 fully saturated rings. The summed E-state index contributed by atoms with van der Waals surface area (Å²) in [6.45, 7) is 4.02. The number of aromatic nitrogens is 2. The van der Waals surface area contributed by atoms with Gasteiger partial charge in [-0.25, -0.2) is 4.98 Å². The van der Waals surface area contributed by atoms with Crippen LogP contribution in [0.15, 0.2) is 48.7 Å². The summed E-state index contributed by atoms with van der Waals surface area (Å²) in [7, 11) is 0. The van der Waals surface area contributed by atoms with Gasteiger partial charge in [0.05, 0.1) is 12.1 Å². The van der Waals surface area contributed by atoms with Crippen LogP contribution in [0.2, 0.25) is 0 Å². The van der Waals surface area contributed by atoms with Crippen molar-refractivity contribution in [1.29, 1.82) is 0 Å². The van der Waals surface area contributed by atoms with Crippen molar-refractivity contribution in [3.05, 3.63) is 71.2 Å². The Bertz CT molecular complexity index is 836. The van der Waals surface area contributed by atoms with Crippen LogP contribution in [0.3, 0.4) is 0 Å². The Kier molecular flexibility index (Phi) is 3.67. The van der Waals surface area contributed by atoms with Crippen LogP contribution in [-0.2, 0) is 4.79 Å². The molecular formula is C18H18N2O2. The van der Waals surface area contributed by atoms with Gasteiger partial charge < -0.3 is 9.51 Å². The van der Waals surface area contributed by atoms with Crippen LogP contribution in [0.5, 0.6) is 0 Å². The van der Waals surface area contributed by atoms with Crippen molar-refractivity contribution in [2.45, 2.75) is 26.2 Å². The molecule has 1 atom stereocenters. The van der Waals surface area contributed by atoms with Gasteiger partial charge in [-0.05, 0) is 31.5 Å². The number of carboxylic acids is 1. The zero-order chi connectivity index (χ0) is 15.7. The predicted octanol–water partition coefficient (Wildman–Crippen LogP) is 3.56. The maximum atomic E-state index is 11.4. The van der Waals surface area contributed by atoms with E-state index in [2.05, 4.69) is 4.98 Å². The minimum absolute atomic E-state index is 0.0472. The fraction of sp³-hybridized carbons (Fsp3) is 0.222. The molecular weight excluding hydrogens is 276 g/mol. The highest BCUT2D eigenvalue weighted by molar-refractivity contribution is 5.69. The Morgan fingerprint density at radius 1 is 1.23 bits per heavy atom. The second-order valence-corrected chi connectivity index (χ2v) is 5.61. The van der Waals surface area contributed by atoms with Crippen molar-refractivity contribution in [3.63, 3.8) is 0 Å². The van der Waals surface area contributed by atoms with Gasteiger partial charge in [-0.1, -0.05) is 35.9 Å². The average molecular weight is 294 g/mol. The van der Waals surface area contributed by atoms with E-state index in [4.69, 9.17) is 0 Å². The number of hydrogen-bond donors (Lipinski definition) is 1. The Hall–Kier alpha value is -2.62. The molecule has 0 amide bonds. The van der Waals surface area contributed by atoms with E-state index in [1.807, 2.05) is 60.7 Å². The molecule has 0 radical (unpaired) electrons. The van der Waals surface area contributed by atoms with Gasteiger partial charge in [0.25, 0.3) is 0 Å². The Morgan fingerprint density at radius 2 is 2.00 bits per heavy atom. The molecule has 2 aromatic heterocycles. The fourth-order valence-electron chi connectivity index (χ4n) is 2.93. The number of benzene rings is 1. The summed E-state index contributed by atoms with van der Waals surface area (Å²) in [5.74, 6) is -1.02. The van der Waals surface area contributed by atoms with Crippen LogP contribution in [0.4, 0.5) is 0 Å². The number of imidazole rings is 1. The van der Waals surface area contributed by atoms with Crippen molar-refractivity contribution < 1.29 is 9.90 Å². The quantitative estimate of drug-likeness (QED) is 0.800. The van der Waals surface area contributed by atoms with Crippen LogP contribution in [0.1, 0.15) is 34.9 Å². The van der Waals surface area contributed by atoms with Crippen molar-refractivity contribution in [2.75, 3.05) is 0 Å². The lowest BCUT2D eigenvalue weighted by Gasteiger charge is -2.17. The third-order valence-corrected chi connectivity index (χ3v) is 3.93. The summed E-state index contributed by atoms with van der Waals surface area (Å²) in [5, 5.41) is 9.33. The molecule has 0 saturated heterocycles. The number of nitrogens with zero attached hydrogens (tertiary/aromatic N) is 2. The number of hydrogen-bond acceptors (Lipinski definition) is 2. The molecule has 4 nitrogen and oxygen atoms in total. The Labute approximate surface area is 129 Å². The lowest BCUT2D eigenvalue weighted by atomic mass is 9.91. The lowest BCUT2D eigenvalue weighted by Crippen LogP contribution is -2.11. The molecule has 0 aliphatic carbocycles. The standard InChI is InChI=1S/C18H18N2O2/c1-12-5-3-7-14(9-12)15(10-18(21)22)16-11-19-17-8-4-6-13(2)20(16)17/h3-9,11,15H,10H2,1-2H3,(H,21,22). The maximum Gasteiger partial charge on any atom is 0.304 e. The van der Waals surface area contributed by atoms with Crippen molar-refractivity contribution in [1.82, 2.24) is 9.38 Å². The zero-order valence-corrected chi connectivity index (χ0v) is 12.7. The molecule has 1 aromatic carbocycles. The third kappa shape index (κ3) is 2.60. The van der Waals surface area contributed by atoms with Crippen LogP contribution in [-0.4, -0.2) is 20.5 Å².